The van der Waals surface area contributed by atoms with Crippen LogP contribution in [-0.2, 0) is 0 Å². The summed E-state index contributed by atoms with van der Waals surface area (Å²) >= 11 is 0. The van der Waals surface area contributed by atoms with Crippen molar-refractivity contribution in [3.05, 3.63) is 35.4 Å². The minimum atomic E-state index is -0.0698. The summed E-state index contributed by atoms with van der Waals surface area (Å²) in [6, 6.07) is 8.73. The van der Waals surface area contributed by atoms with Crippen molar-refractivity contribution < 1.29 is 4.79 Å². The number of nitrogens with two attached hydrogens (primary N) is 1. The molecule has 0 bridgehead atoms. The minimum absolute atomic E-state index is 0.0698. The second kappa shape index (κ2) is 4.39. The number of hydrogen-bond acceptors (Lipinski definition) is 3. The van der Waals surface area contributed by atoms with Crippen molar-refractivity contribution in [2.75, 3.05) is 6.54 Å². The Labute approximate surface area is 76.8 Å². The molecule has 0 saturated carbocycles. The third-order valence-corrected chi connectivity index (χ3v) is 1.72. The van der Waals surface area contributed by atoms with Crippen LogP contribution in [0.1, 0.15) is 22.3 Å². The molecule has 66 valence electrons. The molecule has 1 rings (SSSR count). The van der Waals surface area contributed by atoms with Gasteiger partial charge in [0.05, 0.1) is 11.6 Å². The van der Waals surface area contributed by atoms with E-state index in [-0.39, 0.29) is 5.78 Å². The summed E-state index contributed by atoms with van der Waals surface area (Å²) in [7, 11) is 0. The zero-order chi connectivity index (χ0) is 9.68. The van der Waals surface area contributed by atoms with E-state index < -0.39 is 0 Å². The second-order valence-electron chi connectivity index (χ2n) is 2.62. The number of nitrogens with zero attached hydrogens (tertiary/aromatic N) is 1. The van der Waals surface area contributed by atoms with E-state index in [0.717, 1.165) is 0 Å². The fourth-order valence-electron chi connectivity index (χ4n) is 1.09. The van der Waals surface area contributed by atoms with Gasteiger partial charge in [-0.3, -0.25) is 4.79 Å². The molecule has 0 amide bonds. The maximum Gasteiger partial charge on any atom is 0.165 e. The number of carbonyl (C=O) groups is 1. The molecule has 0 aliphatic heterocycles. The predicted octanol–water partition coefficient (Wildman–Crippen LogP) is 1.09. The average molecular weight is 174 g/mol. The highest BCUT2D eigenvalue weighted by atomic mass is 16.1. The van der Waals surface area contributed by atoms with E-state index in [9.17, 15) is 4.79 Å². The Morgan fingerprint density at radius 1 is 1.46 bits per heavy atom. The summed E-state index contributed by atoms with van der Waals surface area (Å²) in [4.78, 5) is 11.4. The molecule has 13 heavy (non-hydrogen) atoms. The van der Waals surface area contributed by atoms with Crippen LogP contribution < -0.4 is 5.73 Å². The Kier molecular flexibility index (Phi) is 3.18. The van der Waals surface area contributed by atoms with E-state index in [1.165, 1.54) is 0 Å². The number of hydrogen-bond donors (Lipinski definition) is 1. The highest BCUT2D eigenvalue weighted by Crippen LogP contribution is 2.09. The molecule has 0 radical (unpaired) electrons. The fraction of sp³-hybridized carbons (Fsp3) is 0.200. The monoisotopic (exact) mass is 174 g/mol. The normalized spacial score (nSPS) is 9.23. The quantitative estimate of drug-likeness (QED) is 0.697. The van der Waals surface area contributed by atoms with Gasteiger partial charge in [-0.2, -0.15) is 5.26 Å². The van der Waals surface area contributed by atoms with Crippen molar-refractivity contribution in [2.45, 2.75) is 6.42 Å². The van der Waals surface area contributed by atoms with Crippen LogP contribution in [0.3, 0.4) is 0 Å². The molecule has 1 aromatic carbocycles. The first kappa shape index (κ1) is 9.43. The molecule has 0 unspecified atom stereocenters. The minimum Gasteiger partial charge on any atom is -0.330 e. The largest absolute Gasteiger partial charge is 0.330 e. The van der Waals surface area contributed by atoms with Gasteiger partial charge >= 0.3 is 0 Å². The van der Waals surface area contributed by atoms with Crippen molar-refractivity contribution in [3.8, 4) is 6.07 Å². The van der Waals surface area contributed by atoms with Crippen LogP contribution >= 0.6 is 0 Å². The van der Waals surface area contributed by atoms with Gasteiger partial charge in [-0.1, -0.05) is 18.2 Å². The number of rotatable bonds is 3. The third kappa shape index (κ3) is 2.14. The maximum atomic E-state index is 11.4. The molecule has 0 atom stereocenters. The van der Waals surface area contributed by atoms with Crippen LogP contribution in [0.2, 0.25) is 0 Å². The van der Waals surface area contributed by atoms with Gasteiger partial charge in [0.1, 0.15) is 0 Å². The SMILES string of the molecule is N#Cc1ccccc1C(=O)CCN. The molecular formula is C10H10N2O. The standard InChI is InChI=1S/C10H10N2O/c11-6-5-10(13)9-4-2-1-3-8(9)7-12/h1-4H,5-6,11H2. The van der Waals surface area contributed by atoms with Gasteiger partial charge in [-0.05, 0) is 12.6 Å². The van der Waals surface area contributed by atoms with E-state index in [2.05, 4.69) is 0 Å². The summed E-state index contributed by atoms with van der Waals surface area (Å²) in [5.74, 6) is -0.0698. The predicted molar refractivity (Wildman–Crippen MR) is 49.2 cm³/mol. The van der Waals surface area contributed by atoms with Crippen LogP contribution in [0, 0.1) is 11.3 Å². The summed E-state index contributed by atoms with van der Waals surface area (Å²) in [6.45, 7) is 0.318. The topological polar surface area (TPSA) is 66.9 Å². The average Bonchev–Trinajstić information content (AvgIpc) is 2.18. The van der Waals surface area contributed by atoms with Gasteiger partial charge in [0, 0.05) is 12.0 Å². The first-order chi connectivity index (χ1) is 6.29. The van der Waals surface area contributed by atoms with E-state index in [1.54, 1.807) is 24.3 Å². The van der Waals surface area contributed by atoms with Crippen molar-refractivity contribution in [2.24, 2.45) is 5.73 Å². The Hall–Kier alpha value is -1.66. The zero-order valence-corrected chi connectivity index (χ0v) is 7.16. The Bertz CT molecular complexity index is 352. The Balaban J connectivity index is 3.01. The molecule has 0 fully saturated rings. The van der Waals surface area contributed by atoms with Crippen LogP contribution in [-0.4, -0.2) is 12.3 Å². The summed E-state index contributed by atoms with van der Waals surface area (Å²) in [6.07, 6.45) is 0.290. The zero-order valence-electron chi connectivity index (χ0n) is 7.16. The molecular weight excluding hydrogens is 164 g/mol. The molecule has 0 saturated heterocycles. The van der Waals surface area contributed by atoms with Crippen LogP contribution in [0.25, 0.3) is 0 Å². The molecule has 0 aliphatic rings. The molecule has 0 heterocycles. The Morgan fingerprint density at radius 3 is 2.77 bits per heavy atom. The van der Waals surface area contributed by atoms with E-state index >= 15 is 0 Å². The van der Waals surface area contributed by atoms with Crippen molar-refractivity contribution in [3.63, 3.8) is 0 Å². The molecule has 0 spiro atoms. The first-order valence-corrected chi connectivity index (χ1v) is 4.02. The molecule has 0 aliphatic carbocycles. The number of benzene rings is 1. The highest BCUT2D eigenvalue weighted by molar-refractivity contribution is 5.98. The van der Waals surface area contributed by atoms with E-state index in [4.69, 9.17) is 11.0 Å². The third-order valence-electron chi connectivity index (χ3n) is 1.72. The van der Waals surface area contributed by atoms with Crippen molar-refractivity contribution in [1.82, 2.24) is 0 Å². The maximum absolute atomic E-state index is 11.4. The van der Waals surface area contributed by atoms with Gasteiger partial charge in [-0.15, -0.1) is 0 Å². The van der Waals surface area contributed by atoms with Gasteiger partial charge in [-0.25, -0.2) is 0 Å². The lowest BCUT2D eigenvalue weighted by Crippen LogP contribution is -2.09. The lowest BCUT2D eigenvalue weighted by atomic mass is 10.0. The summed E-state index contributed by atoms with van der Waals surface area (Å²) in [5.41, 5.74) is 6.14. The van der Waals surface area contributed by atoms with E-state index in [1.807, 2.05) is 6.07 Å². The van der Waals surface area contributed by atoms with E-state index in [0.29, 0.717) is 24.1 Å². The van der Waals surface area contributed by atoms with Gasteiger partial charge < -0.3 is 5.73 Å². The van der Waals surface area contributed by atoms with Gasteiger partial charge in [0.2, 0.25) is 0 Å². The van der Waals surface area contributed by atoms with Crippen LogP contribution in [0.4, 0.5) is 0 Å². The van der Waals surface area contributed by atoms with Gasteiger partial charge in [0.25, 0.3) is 0 Å². The molecule has 3 nitrogen and oxygen atoms in total. The molecule has 3 heteroatoms. The smallest absolute Gasteiger partial charge is 0.165 e. The summed E-state index contributed by atoms with van der Waals surface area (Å²) < 4.78 is 0. The lowest BCUT2D eigenvalue weighted by molar-refractivity contribution is 0.0985. The fourth-order valence-corrected chi connectivity index (χ4v) is 1.09. The number of Topliss-reactive ketones (excluding diaryl/α,β-unsaturated/α-hetero) is 1. The number of carbonyl (C=O) groups excluding carboxylic acids is 1. The van der Waals surface area contributed by atoms with Gasteiger partial charge in [0.15, 0.2) is 5.78 Å². The number of nitriles is 1. The Morgan fingerprint density at radius 2 is 2.15 bits per heavy atom. The second-order valence-corrected chi connectivity index (χ2v) is 2.62. The molecule has 2 N–H and O–H groups in total. The van der Waals surface area contributed by atoms with Crippen LogP contribution in [0.15, 0.2) is 24.3 Å². The lowest BCUT2D eigenvalue weighted by Gasteiger charge is -2.00. The summed E-state index contributed by atoms with van der Waals surface area (Å²) in [5, 5.41) is 8.70. The van der Waals surface area contributed by atoms with Crippen LogP contribution in [0.5, 0.6) is 0 Å². The number of ketones is 1. The highest BCUT2D eigenvalue weighted by Gasteiger charge is 2.08. The van der Waals surface area contributed by atoms with Crippen molar-refractivity contribution >= 4 is 5.78 Å². The first-order valence-electron chi connectivity index (χ1n) is 4.02. The van der Waals surface area contributed by atoms with Crippen molar-refractivity contribution in [1.29, 1.82) is 5.26 Å². The molecule has 1 aromatic rings. The molecule has 0 aromatic heterocycles.